The minimum Gasteiger partial charge on any atom is -0.481 e. The minimum absolute atomic E-state index is 0.213. The predicted octanol–water partition coefficient (Wildman–Crippen LogP) is 3.13. The molecular formula is C17H16O4. The largest absolute Gasteiger partial charge is 0.481 e. The average Bonchev–Trinajstić information content (AvgIpc) is 2.47. The first-order valence-corrected chi connectivity index (χ1v) is 6.54. The number of carboxylic acid groups (broad SMARTS) is 1. The molecule has 1 unspecified atom stereocenters. The maximum absolute atomic E-state index is 11.5. The molecule has 0 fully saturated rings. The molecular weight excluding hydrogens is 268 g/mol. The van der Waals surface area contributed by atoms with Gasteiger partial charge >= 0.3 is 11.9 Å². The molecule has 0 saturated heterocycles. The topological polar surface area (TPSA) is 63.6 Å². The van der Waals surface area contributed by atoms with Crippen LogP contribution >= 0.6 is 0 Å². The van der Waals surface area contributed by atoms with E-state index in [0.717, 1.165) is 10.8 Å². The number of aliphatic carboxylic acids is 1. The highest BCUT2D eigenvalue weighted by molar-refractivity contribution is 5.91. The van der Waals surface area contributed by atoms with E-state index in [1.807, 2.05) is 30.3 Å². The Bertz CT molecular complexity index is 698. The van der Waals surface area contributed by atoms with Crippen LogP contribution in [-0.4, -0.2) is 23.7 Å². The highest BCUT2D eigenvalue weighted by Gasteiger charge is 2.23. The number of carbonyl (C=O) groups is 2. The first-order valence-electron chi connectivity index (χ1n) is 6.54. The van der Waals surface area contributed by atoms with Crippen molar-refractivity contribution < 1.29 is 19.4 Å². The maximum Gasteiger partial charge on any atom is 0.333 e. The van der Waals surface area contributed by atoms with Crippen molar-refractivity contribution in [3.63, 3.8) is 0 Å². The van der Waals surface area contributed by atoms with Gasteiger partial charge in [-0.1, -0.05) is 49.0 Å². The van der Waals surface area contributed by atoms with Crippen molar-refractivity contribution in [2.45, 2.75) is 12.8 Å². The molecule has 4 nitrogen and oxygen atoms in total. The second-order valence-electron chi connectivity index (χ2n) is 4.84. The number of carbonyl (C=O) groups excluding carboxylic acids is 1. The van der Waals surface area contributed by atoms with Crippen LogP contribution in [0.5, 0.6) is 0 Å². The lowest BCUT2D eigenvalue weighted by atomic mass is 9.94. The van der Waals surface area contributed by atoms with Crippen LogP contribution in [0.25, 0.3) is 10.8 Å². The molecule has 0 aliphatic carbocycles. The summed E-state index contributed by atoms with van der Waals surface area (Å²) >= 11 is 0. The van der Waals surface area contributed by atoms with Crippen LogP contribution in [0, 0.1) is 0 Å². The zero-order valence-corrected chi connectivity index (χ0v) is 11.7. The van der Waals surface area contributed by atoms with Gasteiger partial charge in [-0.05, 0) is 23.3 Å². The molecule has 21 heavy (non-hydrogen) atoms. The van der Waals surface area contributed by atoms with Gasteiger partial charge < -0.3 is 9.84 Å². The molecule has 4 heteroatoms. The molecule has 0 radical (unpaired) electrons. The van der Waals surface area contributed by atoms with Crippen LogP contribution in [0.15, 0.2) is 54.6 Å². The van der Waals surface area contributed by atoms with Gasteiger partial charge in [-0.25, -0.2) is 4.79 Å². The Kier molecular flexibility index (Phi) is 4.38. The summed E-state index contributed by atoms with van der Waals surface area (Å²) in [5, 5.41) is 11.2. The van der Waals surface area contributed by atoms with Crippen molar-refractivity contribution in [3.05, 3.63) is 60.2 Å². The molecule has 0 amide bonds. The van der Waals surface area contributed by atoms with Crippen molar-refractivity contribution >= 4 is 22.7 Å². The first-order chi connectivity index (χ1) is 10.0. The molecule has 1 N–H and O–H groups in total. The summed E-state index contributed by atoms with van der Waals surface area (Å²) in [6.07, 6.45) is 0. The van der Waals surface area contributed by atoms with Gasteiger partial charge in [0.15, 0.2) is 0 Å². The molecule has 108 valence electrons. The van der Waals surface area contributed by atoms with E-state index < -0.39 is 17.9 Å². The molecule has 0 aromatic heterocycles. The molecule has 0 aliphatic heterocycles. The summed E-state index contributed by atoms with van der Waals surface area (Å²) in [7, 11) is 0. The molecule has 0 saturated carbocycles. The average molecular weight is 284 g/mol. The molecule has 2 aromatic rings. The molecule has 0 bridgehead atoms. The molecule has 2 rings (SSSR count). The van der Waals surface area contributed by atoms with Crippen LogP contribution in [0.1, 0.15) is 18.4 Å². The number of hydrogen-bond acceptors (Lipinski definition) is 3. The van der Waals surface area contributed by atoms with Crippen molar-refractivity contribution in [3.8, 4) is 0 Å². The lowest BCUT2D eigenvalue weighted by molar-refractivity contribution is -0.145. The zero-order valence-electron chi connectivity index (χ0n) is 11.7. The molecule has 0 aliphatic rings. The van der Waals surface area contributed by atoms with Gasteiger partial charge in [-0.15, -0.1) is 0 Å². The fourth-order valence-corrected chi connectivity index (χ4v) is 2.13. The van der Waals surface area contributed by atoms with E-state index in [0.29, 0.717) is 5.56 Å². The smallest absolute Gasteiger partial charge is 0.333 e. The Morgan fingerprint density at radius 3 is 2.52 bits per heavy atom. The Morgan fingerprint density at radius 2 is 1.86 bits per heavy atom. The minimum atomic E-state index is -1.03. The van der Waals surface area contributed by atoms with Gasteiger partial charge in [-0.3, -0.25) is 4.79 Å². The van der Waals surface area contributed by atoms with Crippen molar-refractivity contribution in [1.29, 1.82) is 0 Å². The fourth-order valence-electron chi connectivity index (χ4n) is 2.13. The summed E-state index contributed by atoms with van der Waals surface area (Å²) in [4.78, 5) is 23.0. The maximum atomic E-state index is 11.5. The third-order valence-electron chi connectivity index (χ3n) is 3.23. The third kappa shape index (κ3) is 3.28. The van der Waals surface area contributed by atoms with Gasteiger partial charge in [0.25, 0.3) is 0 Å². The zero-order chi connectivity index (χ0) is 15.4. The number of fused-ring (bicyclic) bond motifs is 1. The monoisotopic (exact) mass is 284 g/mol. The number of benzene rings is 2. The quantitative estimate of drug-likeness (QED) is 0.676. The third-order valence-corrected chi connectivity index (χ3v) is 3.23. The van der Waals surface area contributed by atoms with Crippen molar-refractivity contribution in [2.24, 2.45) is 0 Å². The molecule has 1 atom stereocenters. The number of rotatable bonds is 5. The second-order valence-corrected chi connectivity index (χ2v) is 4.84. The van der Waals surface area contributed by atoms with E-state index in [-0.39, 0.29) is 12.2 Å². The van der Waals surface area contributed by atoms with Crippen molar-refractivity contribution in [1.82, 2.24) is 0 Å². The SMILES string of the molecule is C=C(C)C(=O)OCC(C(=O)O)c1cccc2ccccc12. The number of esters is 1. The number of carboxylic acids is 1. The normalized spacial score (nSPS) is 11.9. The van der Waals surface area contributed by atoms with Gasteiger partial charge in [0.2, 0.25) is 0 Å². The Labute approximate surface area is 122 Å². The Morgan fingerprint density at radius 1 is 1.19 bits per heavy atom. The van der Waals surface area contributed by atoms with Crippen LogP contribution in [-0.2, 0) is 14.3 Å². The number of ether oxygens (including phenoxy) is 1. The highest BCUT2D eigenvalue weighted by atomic mass is 16.5. The van der Waals surface area contributed by atoms with Crippen LogP contribution in [0.3, 0.4) is 0 Å². The molecule has 0 heterocycles. The van der Waals surface area contributed by atoms with Crippen LogP contribution < -0.4 is 0 Å². The van der Waals surface area contributed by atoms with Gasteiger partial charge in [0, 0.05) is 5.57 Å². The summed E-state index contributed by atoms with van der Waals surface area (Å²) in [5.41, 5.74) is 0.882. The van der Waals surface area contributed by atoms with Crippen LogP contribution in [0.2, 0.25) is 0 Å². The number of hydrogen-bond donors (Lipinski definition) is 1. The van der Waals surface area contributed by atoms with E-state index in [1.54, 1.807) is 12.1 Å². The summed E-state index contributed by atoms with van der Waals surface area (Å²) in [6.45, 7) is 4.79. The summed E-state index contributed by atoms with van der Waals surface area (Å²) < 4.78 is 5.01. The van der Waals surface area contributed by atoms with Crippen molar-refractivity contribution in [2.75, 3.05) is 6.61 Å². The fraction of sp³-hybridized carbons (Fsp3) is 0.176. The van der Waals surface area contributed by atoms with Gasteiger partial charge in [0.05, 0.1) is 0 Å². The van der Waals surface area contributed by atoms with E-state index >= 15 is 0 Å². The van der Waals surface area contributed by atoms with Gasteiger partial charge in [0.1, 0.15) is 12.5 Å². The highest BCUT2D eigenvalue weighted by Crippen LogP contribution is 2.26. The first kappa shape index (κ1) is 14.8. The van der Waals surface area contributed by atoms with Crippen LogP contribution in [0.4, 0.5) is 0 Å². The predicted molar refractivity (Wildman–Crippen MR) is 80.1 cm³/mol. The van der Waals surface area contributed by atoms with Gasteiger partial charge in [-0.2, -0.15) is 0 Å². The lowest BCUT2D eigenvalue weighted by Gasteiger charge is -2.15. The lowest BCUT2D eigenvalue weighted by Crippen LogP contribution is -2.20. The Balaban J connectivity index is 2.35. The van der Waals surface area contributed by atoms with E-state index in [9.17, 15) is 14.7 Å². The Hall–Kier alpha value is -2.62. The summed E-state index contributed by atoms with van der Waals surface area (Å²) in [5.74, 6) is -2.51. The van der Waals surface area contributed by atoms with E-state index in [4.69, 9.17) is 4.74 Å². The molecule has 2 aromatic carbocycles. The second kappa shape index (κ2) is 6.22. The summed E-state index contributed by atoms with van der Waals surface area (Å²) in [6, 6.07) is 13.0. The standard InChI is InChI=1S/C17H16O4/c1-11(2)17(20)21-10-15(16(18)19)14-9-5-7-12-6-3-4-8-13(12)14/h3-9,15H,1,10H2,2H3,(H,18,19). The van der Waals surface area contributed by atoms with E-state index in [1.165, 1.54) is 6.92 Å². The van der Waals surface area contributed by atoms with E-state index in [2.05, 4.69) is 6.58 Å². The molecule has 0 spiro atoms.